The molecule has 214 valence electrons. The minimum atomic E-state index is -4.76. The Morgan fingerprint density at radius 2 is 0.952 bits per heavy atom. The van der Waals surface area contributed by atoms with Gasteiger partial charge in [-0.15, -0.1) is 0 Å². The monoisotopic (exact) mass is 648 g/mol. The SMILES string of the molecule is O=C(O)c1cc(-c2cccc(S(=O)(=O)O)c2Cl)c2ccc3c(-c4cccc(S(=O)(=O)O)c4Cl)cc(C(=O)O)nc3c2n1. The average molecular weight is 649 g/mol. The van der Waals surface area contributed by atoms with E-state index in [1.54, 1.807) is 0 Å². The van der Waals surface area contributed by atoms with Gasteiger partial charge in [-0.2, -0.15) is 16.8 Å². The van der Waals surface area contributed by atoms with Crippen molar-refractivity contribution < 1.29 is 45.7 Å². The summed E-state index contributed by atoms with van der Waals surface area (Å²) in [6.45, 7) is 0. The number of benzene rings is 3. The van der Waals surface area contributed by atoms with E-state index in [-0.39, 0.29) is 44.1 Å². The number of hydrogen-bond donors (Lipinski definition) is 4. The molecule has 3 aromatic carbocycles. The van der Waals surface area contributed by atoms with Gasteiger partial charge in [-0.3, -0.25) is 9.11 Å². The summed E-state index contributed by atoms with van der Waals surface area (Å²) in [6.07, 6.45) is 0. The number of halogens is 2. The summed E-state index contributed by atoms with van der Waals surface area (Å²) in [7, 11) is -9.53. The van der Waals surface area contributed by atoms with Crippen molar-refractivity contribution in [1.82, 2.24) is 9.97 Å². The van der Waals surface area contributed by atoms with E-state index in [1.807, 2.05) is 0 Å². The number of carboxylic acid groups (broad SMARTS) is 2. The Labute approximate surface area is 246 Å². The maximum absolute atomic E-state index is 12.1. The fourth-order valence-electron chi connectivity index (χ4n) is 4.48. The first-order valence-electron chi connectivity index (χ1n) is 11.4. The van der Waals surface area contributed by atoms with Crippen LogP contribution in [-0.2, 0) is 20.2 Å². The minimum Gasteiger partial charge on any atom is -0.477 e. The third-order valence-corrected chi connectivity index (χ3v) is 9.09. The second-order valence-electron chi connectivity index (χ2n) is 8.76. The molecule has 5 rings (SSSR count). The van der Waals surface area contributed by atoms with E-state index in [0.29, 0.717) is 0 Å². The zero-order valence-electron chi connectivity index (χ0n) is 20.5. The van der Waals surface area contributed by atoms with Crippen molar-refractivity contribution in [2.45, 2.75) is 9.79 Å². The summed E-state index contributed by atoms with van der Waals surface area (Å²) in [5.41, 5.74) is -1.14. The van der Waals surface area contributed by atoms with Gasteiger partial charge in [0.15, 0.2) is 0 Å². The molecular weight excluding hydrogens is 635 g/mol. The lowest BCUT2D eigenvalue weighted by molar-refractivity contribution is 0.0680. The number of hydrogen-bond acceptors (Lipinski definition) is 8. The van der Waals surface area contributed by atoms with Crippen LogP contribution in [0, 0.1) is 0 Å². The summed E-state index contributed by atoms with van der Waals surface area (Å²) in [6, 6.07) is 12.6. The Morgan fingerprint density at radius 1 is 0.595 bits per heavy atom. The molecule has 0 saturated heterocycles. The fraction of sp³-hybridized carbons (Fsp3) is 0. The van der Waals surface area contributed by atoms with Gasteiger partial charge in [0.1, 0.15) is 21.2 Å². The molecule has 5 aromatic rings. The smallest absolute Gasteiger partial charge is 0.354 e. The lowest BCUT2D eigenvalue weighted by atomic mass is 9.95. The molecule has 0 aliphatic rings. The number of pyridine rings is 2. The number of carboxylic acids is 2. The van der Waals surface area contributed by atoms with Crippen molar-refractivity contribution >= 4 is 77.2 Å². The molecule has 42 heavy (non-hydrogen) atoms. The van der Waals surface area contributed by atoms with E-state index in [1.165, 1.54) is 36.4 Å². The number of aromatic nitrogens is 2. The van der Waals surface area contributed by atoms with Gasteiger partial charge in [-0.05, 0) is 35.4 Å². The highest BCUT2D eigenvalue weighted by atomic mass is 35.5. The van der Waals surface area contributed by atoms with Crippen molar-refractivity contribution in [3.05, 3.63) is 82.1 Å². The second kappa shape index (κ2) is 10.3. The number of carbonyl (C=O) groups is 2. The molecule has 0 aliphatic heterocycles. The summed E-state index contributed by atoms with van der Waals surface area (Å²) >= 11 is 12.7. The number of nitrogens with zero attached hydrogens (tertiary/aromatic N) is 2. The molecule has 0 spiro atoms. The van der Waals surface area contributed by atoms with Crippen LogP contribution in [0.4, 0.5) is 0 Å². The van der Waals surface area contributed by atoms with E-state index in [4.69, 9.17) is 23.2 Å². The maximum Gasteiger partial charge on any atom is 0.354 e. The lowest BCUT2D eigenvalue weighted by Gasteiger charge is -2.15. The molecule has 0 aliphatic carbocycles. The summed E-state index contributed by atoms with van der Waals surface area (Å²) in [5, 5.41) is 19.2. The zero-order valence-corrected chi connectivity index (χ0v) is 23.6. The maximum atomic E-state index is 12.1. The number of fused-ring (bicyclic) bond motifs is 3. The number of rotatable bonds is 6. The predicted octanol–water partition coefficient (Wildman–Crippen LogP) is 5.31. The Bertz CT molecular complexity index is 2080. The molecule has 0 atom stereocenters. The third kappa shape index (κ3) is 5.04. The highest BCUT2D eigenvalue weighted by molar-refractivity contribution is 7.86. The average Bonchev–Trinajstić information content (AvgIpc) is 2.90. The molecule has 16 heteroatoms. The molecule has 0 amide bonds. The van der Waals surface area contributed by atoms with Gasteiger partial charge < -0.3 is 10.2 Å². The van der Waals surface area contributed by atoms with Crippen molar-refractivity contribution in [3.8, 4) is 22.3 Å². The van der Waals surface area contributed by atoms with Gasteiger partial charge in [0.05, 0.1) is 21.1 Å². The van der Waals surface area contributed by atoms with Crippen LogP contribution in [-0.4, -0.2) is 58.1 Å². The van der Waals surface area contributed by atoms with Crippen LogP contribution in [0.15, 0.2) is 70.5 Å². The normalized spacial score (nSPS) is 12.1. The van der Waals surface area contributed by atoms with Crippen LogP contribution in [0.2, 0.25) is 10.0 Å². The molecule has 2 heterocycles. The second-order valence-corrected chi connectivity index (χ2v) is 12.3. The Balaban J connectivity index is 1.96. The van der Waals surface area contributed by atoms with Crippen LogP contribution in [0.25, 0.3) is 44.1 Å². The van der Waals surface area contributed by atoms with Crippen LogP contribution in [0.5, 0.6) is 0 Å². The Kier molecular flexibility index (Phi) is 7.17. The summed E-state index contributed by atoms with van der Waals surface area (Å²) in [4.78, 5) is 31.2. The molecule has 2 aromatic heterocycles. The van der Waals surface area contributed by atoms with Crippen molar-refractivity contribution in [2.75, 3.05) is 0 Å². The van der Waals surface area contributed by atoms with Crippen molar-refractivity contribution in [1.29, 1.82) is 0 Å². The minimum absolute atomic E-state index is 0.0135. The molecule has 12 nitrogen and oxygen atoms in total. The summed E-state index contributed by atoms with van der Waals surface area (Å²) < 4.78 is 66.7. The molecule has 0 radical (unpaired) electrons. The topological polar surface area (TPSA) is 209 Å². The van der Waals surface area contributed by atoms with Crippen LogP contribution >= 0.6 is 23.2 Å². The summed E-state index contributed by atoms with van der Waals surface area (Å²) in [5.74, 6) is -2.98. The fourth-order valence-corrected chi connectivity index (χ4v) is 6.69. The van der Waals surface area contributed by atoms with Gasteiger partial charge in [0, 0.05) is 21.9 Å². The Morgan fingerprint density at radius 3 is 1.26 bits per heavy atom. The van der Waals surface area contributed by atoms with Crippen molar-refractivity contribution in [2.24, 2.45) is 0 Å². The zero-order chi connectivity index (χ0) is 30.7. The Hall–Kier alpha value is -4.18. The van der Waals surface area contributed by atoms with E-state index < -0.39 is 63.4 Å². The number of aromatic carboxylic acids is 2. The first kappa shape index (κ1) is 29.3. The highest BCUT2D eigenvalue weighted by Gasteiger charge is 2.24. The van der Waals surface area contributed by atoms with E-state index >= 15 is 0 Å². The quantitative estimate of drug-likeness (QED) is 0.136. The standard InChI is InChI=1S/C26H14Cl2N2O10S2/c27-21-11(3-1-5-19(21)41(35,36)37)15-9-17(25(31)32)29-23-13(15)7-8-14-16(10-18(26(33)34)30-24(14)23)12-4-2-6-20(22(12)28)42(38,39)40/h1-10H,(H,31,32)(H,33,34)(H,35,36,37)(H,38,39,40). The first-order chi connectivity index (χ1) is 19.6. The van der Waals surface area contributed by atoms with Crippen LogP contribution in [0.1, 0.15) is 21.0 Å². The molecule has 0 bridgehead atoms. The molecular formula is C26H14Cl2N2O10S2. The van der Waals surface area contributed by atoms with E-state index in [9.17, 15) is 45.7 Å². The molecule has 0 fully saturated rings. The van der Waals surface area contributed by atoms with E-state index in [2.05, 4.69) is 9.97 Å². The predicted molar refractivity (Wildman–Crippen MR) is 151 cm³/mol. The van der Waals surface area contributed by atoms with Gasteiger partial charge in [0.25, 0.3) is 20.2 Å². The first-order valence-corrected chi connectivity index (χ1v) is 15.0. The van der Waals surface area contributed by atoms with Gasteiger partial charge in [0.2, 0.25) is 0 Å². The van der Waals surface area contributed by atoms with Crippen molar-refractivity contribution in [3.63, 3.8) is 0 Å². The van der Waals surface area contributed by atoms with Gasteiger partial charge >= 0.3 is 11.9 Å². The third-order valence-electron chi connectivity index (χ3n) is 6.26. The van der Waals surface area contributed by atoms with Gasteiger partial charge in [-0.25, -0.2) is 19.6 Å². The van der Waals surface area contributed by atoms with Gasteiger partial charge in [-0.1, -0.05) is 59.6 Å². The molecule has 0 saturated carbocycles. The lowest BCUT2D eigenvalue weighted by Crippen LogP contribution is -2.06. The molecule has 4 N–H and O–H groups in total. The highest BCUT2D eigenvalue weighted by Crippen LogP contribution is 2.42. The largest absolute Gasteiger partial charge is 0.477 e. The van der Waals surface area contributed by atoms with E-state index in [0.717, 1.165) is 24.3 Å². The van der Waals surface area contributed by atoms with Crippen LogP contribution < -0.4 is 0 Å². The molecule has 0 unspecified atom stereocenters. The van der Waals surface area contributed by atoms with Crippen LogP contribution in [0.3, 0.4) is 0 Å².